The third-order valence-electron chi connectivity index (χ3n) is 2.19. The standard InChI is InChI=1S/C10H12ClFO/c1-3-10(2,13)9-7(11)5-4-6-8(9)12/h4-6,13H,3H2,1-2H3. The summed E-state index contributed by atoms with van der Waals surface area (Å²) in [6.45, 7) is 3.33. The number of hydrogen-bond donors (Lipinski definition) is 1. The predicted octanol–water partition coefficient (Wildman–Crippen LogP) is 3.10. The maximum Gasteiger partial charge on any atom is 0.130 e. The zero-order valence-corrected chi connectivity index (χ0v) is 8.40. The minimum Gasteiger partial charge on any atom is -0.385 e. The average molecular weight is 203 g/mol. The third-order valence-corrected chi connectivity index (χ3v) is 2.50. The molecule has 0 amide bonds. The molecule has 1 N–H and O–H groups in total. The van der Waals surface area contributed by atoms with Crippen molar-refractivity contribution < 1.29 is 9.50 Å². The maximum absolute atomic E-state index is 13.3. The highest BCUT2D eigenvalue weighted by atomic mass is 35.5. The summed E-state index contributed by atoms with van der Waals surface area (Å²) in [5, 5.41) is 10.1. The fourth-order valence-electron chi connectivity index (χ4n) is 1.19. The first-order valence-corrected chi connectivity index (χ1v) is 4.53. The molecule has 3 heteroatoms. The Morgan fingerprint density at radius 2 is 2.15 bits per heavy atom. The van der Waals surface area contributed by atoms with Gasteiger partial charge in [0.05, 0.1) is 5.60 Å². The van der Waals surface area contributed by atoms with Crippen molar-refractivity contribution in [1.82, 2.24) is 0 Å². The van der Waals surface area contributed by atoms with Crippen LogP contribution in [0.3, 0.4) is 0 Å². The van der Waals surface area contributed by atoms with Crippen LogP contribution >= 0.6 is 11.6 Å². The molecule has 0 aliphatic rings. The Bertz CT molecular complexity index is 290. The number of hydrogen-bond acceptors (Lipinski definition) is 1. The molecule has 0 heterocycles. The number of benzene rings is 1. The highest BCUT2D eigenvalue weighted by molar-refractivity contribution is 6.31. The smallest absolute Gasteiger partial charge is 0.130 e. The van der Waals surface area contributed by atoms with E-state index < -0.39 is 11.4 Å². The first-order valence-electron chi connectivity index (χ1n) is 4.16. The van der Waals surface area contributed by atoms with Crippen LogP contribution in [0.15, 0.2) is 18.2 Å². The van der Waals surface area contributed by atoms with Crippen LogP contribution in [0.2, 0.25) is 5.02 Å². The molecule has 1 aromatic carbocycles. The zero-order chi connectivity index (χ0) is 10.1. The van der Waals surface area contributed by atoms with Crippen molar-refractivity contribution in [2.45, 2.75) is 25.9 Å². The Kier molecular flexibility index (Phi) is 2.94. The van der Waals surface area contributed by atoms with Gasteiger partial charge in [0.1, 0.15) is 5.82 Å². The molecule has 0 radical (unpaired) electrons. The second kappa shape index (κ2) is 3.64. The van der Waals surface area contributed by atoms with Gasteiger partial charge in [0.2, 0.25) is 0 Å². The first-order chi connectivity index (χ1) is 5.99. The van der Waals surface area contributed by atoms with Crippen molar-refractivity contribution in [3.05, 3.63) is 34.6 Å². The molecular weight excluding hydrogens is 191 g/mol. The Morgan fingerprint density at radius 3 is 2.62 bits per heavy atom. The summed E-state index contributed by atoms with van der Waals surface area (Å²) < 4.78 is 13.3. The van der Waals surface area contributed by atoms with Crippen molar-refractivity contribution in [3.63, 3.8) is 0 Å². The number of rotatable bonds is 2. The molecule has 0 saturated carbocycles. The minimum absolute atomic E-state index is 0.180. The average Bonchev–Trinajstić information content (AvgIpc) is 2.03. The quantitative estimate of drug-likeness (QED) is 0.782. The van der Waals surface area contributed by atoms with Gasteiger partial charge in [-0.25, -0.2) is 4.39 Å². The summed E-state index contributed by atoms with van der Waals surface area (Å²) in [4.78, 5) is 0. The Hall–Kier alpha value is -0.600. The molecule has 0 aliphatic heterocycles. The van der Waals surface area contributed by atoms with E-state index in [9.17, 15) is 9.50 Å². The van der Waals surface area contributed by atoms with Gasteiger partial charge in [0.15, 0.2) is 0 Å². The van der Waals surface area contributed by atoms with Gasteiger partial charge in [0.25, 0.3) is 0 Å². The van der Waals surface area contributed by atoms with Crippen molar-refractivity contribution in [3.8, 4) is 0 Å². The summed E-state index contributed by atoms with van der Waals surface area (Å²) in [6, 6.07) is 4.39. The van der Waals surface area contributed by atoms with Crippen LogP contribution in [0.4, 0.5) is 4.39 Å². The molecule has 0 bridgehead atoms. The van der Waals surface area contributed by atoms with E-state index >= 15 is 0 Å². The van der Waals surface area contributed by atoms with Crippen molar-refractivity contribution in [2.75, 3.05) is 0 Å². The molecule has 0 aliphatic carbocycles. The second-order valence-electron chi connectivity index (χ2n) is 3.22. The minimum atomic E-state index is -1.19. The van der Waals surface area contributed by atoms with E-state index in [2.05, 4.69) is 0 Å². The highest BCUT2D eigenvalue weighted by Crippen LogP contribution is 2.32. The maximum atomic E-state index is 13.3. The molecule has 72 valence electrons. The summed E-state index contributed by atoms with van der Waals surface area (Å²) in [5.41, 5.74) is -1.01. The van der Waals surface area contributed by atoms with Crippen LogP contribution in [0.1, 0.15) is 25.8 Å². The van der Waals surface area contributed by atoms with E-state index in [1.54, 1.807) is 19.9 Å². The number of aliphatic hydroxyl groups is 1. The van der Waals surface area contributed by atoms with E-state index in [0.29, 0.717) is 6.42 Å². The molecule has 13 heavy (non-hydrogen) atoms. The molecule has 1 aromatic rings. The SMILES string of the molecule is CCC(C)(O)c1c(F)cccc1Cl. The Morgan fingerprint density at radius 1 is 1.54 bits per heavy atom. The summed E-state index contributed by atoms with van der Waals surface area (Å²) in [7, 11) is 0. The van der Waals surface area contributed by atoms with E-state index in [1.807, 2.05) is 0 Å². The molecule has 0 spiro atoms. The van der Waals surface area contributed by atoms with Crippen molar-refractivity contribution in [1.29, 1.82) is 0 Å². The molecule has 1 rings (SSSR count). The van der Waals surface area contributed by atoms with E-state index in [1.165, 1.54) is 12.1 Å². The van der Waals surface area contributed by atoms with Gasteiger partial charge in [0, 0.05) is 10.6 Å². The number of halogens is 2. The fraction of sp³-hybridized carbons (Fsp3) is 0.400. The molecule has 0 aromatic heterocycles. The topological polar surface area (TPSA) is 20.2 Å². The zero-order valence-electron chi connectivity index (χ0n) is 7.64. The van der Waals surface area contributed by atoms with Crippen LogP contribution in [0.5, 0.6) is 0 Å². The lowest BCUT2D eigenvalue weighted by Gasteiger charge is -2.23. The third kappa shape index (κ3) is 2.01. The second-order valence-corrected chi connectivity index (χ2v) is 3.63. The molecular formula is C10H12ClFO. The molecule has 1 unspecified atom stereocenters. The normalized spacial score (nSPS) is 15.5. The first kappa shape index (κ1) is 10.5. The fourth-order valence-corrected chi connectivity index (χ4v) is 1.56. The van der Waals surface area contributed by atoms with E-state index in [-0.39, 0.29) is 10.6 Å². The van der Waals surface area contributed by atoms with E-state index in [0.717, 1.165) is 0 Å². The van der Waals surface area contributed by atoms with Crippen LogP contribution in [0, 0.1) is 5.82 Å². The Labute approximate surface area is 82.2 Å². The van der Waals surface area contributed by atoms with Gasteiger partial charge in [-0.3, -0.25) is 0 Å². The van der Waals surface area contributed by atoms with Crippen molar-refractivity contribution >= 4 is 11.6 Å². The molecule has 0 fully saturated rings. The van der Waals surface area contributed by atoms with Gasteiger partial charge in [-0.2, -0.15) is 0 Å². The van der Waals surface area contributed by atoms with Crippen LogP contribution in [-0.4, -0.2) is 5.11 Å². The van der Waals surface area contributed by atoms with Gasteiger partial charge < -0.3 is 5.11 Å². The lowest BCUT2D eigenvalue weighted by Crippen LogP contribution is -2.21. The summed E-state index contributed by atoms with van der Waals surface area (Å²) >= 11 is 5.79. The summed E-state index contributed by atoms with van der Waals surface area (Å²) in [5.74, 6) is -0.459. The lowest BCUT2D eigenvalue weighted by atomic mass is 9.93. The monoisotopic (exact) mass is 202 g/mol. The van der Waals surface area contributed by atoms with Gasteiger partial charge in [-0.1, -0.05) is 24.6 Å². The molecule has 1 nitrogen and oxygen atoms in total. The van der Waals surface area contributed by atoms with Gasteiger partial charge in [-0.15, -0.1) is 0 Å². The van der Waals surface area contributed by atoms with Gasteiger partial charge in [-0.05, 0) is 25.5 Å². The largest absolute Gasteiger partial charge is 0.385 e. The van der Waals surface area contributed by atoms with Crippen LogP contribution < -0.4 is 0 Å². The van der Waals surface area contributed by atoms with Gasteiger partial charge >= 0.3 is 0 Å². The van der Waals surface area contributed by atoms with Crippen LogP contribution in [0.25, 0.3) is 0 Å². The molecule has 0 saturated heterocycles. The Balaban J connectivity index is 3.28. The van der Waals surface area contributed by atoms with Crippen LogP contribution in [-0.2, 0) is 5.60 Å². The lowest BCUT2D eigenvalue weighted by molar-refractivity contribution is 0.0494. The summed E-state index contributed by atoms with van der Waals surface area (Å²) in [6.07, 6.45) is 0.424. The van der Waals surface area contributed by atoms with E-state index in [4.69, 9.17) is 11.6 Å². The van der Waals surface area contributed by atoms with Crippen molar-refractivity contribution in [2.24, 2.45) is 0 Å². The highest BCUT2D eigenvalue weighted by Gasteiger charge is 2.26. The molecule has 1 atom stereocenters. The predicted molar refractivity (Wildman–Crippen MR) is 51.3 cm³/mol.